The smallest absolute Gasteiger partial charge is 0.289 e. The molecule has 34 heavy (non-hydrogen) atoms. The van der Waals surface area contributed by atoms with Crippen LogP contribution in [0.2, 0.25) is 0 Å². The molecule has 0 radical (unpaired) electrons. The lowest BCUT2D eigenvalue weighted by atomic mass is 9.87. The zero-order chi connectivity index (χ0) is 23.5. The first-order valence-electron chi connectivity index (χ1n) is 11.9. The van der Waals surface area contributed by atoms with Gasteiger partial charge in [0, 0.05) is 31.7 Å². The highest BCUT2D eigenvalue weighted by molar-refractivity contribution is 5.98. The molecular formula is C25H29N3O6. The minimum atomic E-state index is -0.642. The predicted molar refractivity (Wildman–Crippen MR) is 122 cm³/mol. The average Bonchev–Trinajstić information content (AvgIpc) is 3.59. The van der Waals surface area contributed by atoms with Gasteiger partial charge >= 0.3 is 0 Å². The number of furan rings is 1. The van der Waals surface area contributed by atoms with Crippen LogP contribution in [0.4, 0.5) is 0 Å². The van der Waals surface area contributed by atoms with E-state index in [1.165, 1.54) is 6.26 Å². The van der Waals surface area contributed by atoms with E-state index < -0.39 is 6.04 Å². The summed E-state index contributed by atoms with van der Waals surface area (Å²) in [4.78, 5) is 42.9. The quantitative estimate of drug-likeness (QED) is 0.726. The fraction of sp³-hybridized carbons (Fsp3) is 0.480. The van der Waals surface area contributed by atoms with Crippen LogP contribution in [0.25, 0.3) is 0 Å². The summed E-state index contributed by atoms with van der Waals surface area (Å²) in [5, 5.41) is 3.01. The Morgan fingerprint density at radius 2 is 1.68 bits per heavy atom. The Bertz CT molecular complexity index is 1040. The lowest BCUT2D eigenvalue weighted by molar-refractivity contribution is -0.136. The van der Waals surface area contributed by atoms with Crippen LogP contribution in [0.15, 0.2) is 41.0 Å². The number of hydrogen-bond acceptors (Lipinski definition) is 6. The number of hydrogen-bond donors (Lipinski definition) is 1. The third-order valence-electron chi connectivity index (χ3n) is 6.89. The third kappa shape index (κ3) is 4.60. The molecule has 0 unspecified atom stereocenters. The van der Waals surface area contributed by atoms with Crippen molar-refractivity contribution >= 4 is 17.7 Å². The molecule has 180 valence electrons. The van der Waals surface area contributed by atoms with Crippen molar-refractivity contribution in [3.05, 3.63) is 47.9 Å². The Balaban J connectivity index is 1.30. The summed E-state index contributed by atoms with van der Waals surface area (Å²) in [7, 11) is 0. The SMILES string of the molecule is O=C(N[C@H](C(=O)N1CCCCC1)C1CCN(C(=O)c2ccco2)CC1)c1ccc2c(c1)OCO2. The molecule has 3 aliphatic heterocycles. The Morgan fingerprint density at radius 1 is 0.912 bits per heavy atom. The largest absolute Gasteiger partial charge is 0.459 e. The van der Waals surface area contributed by atoms with Gasteiger partial charge in [-0.25, -0.2) is 0 Å². The molecule has 4 heterocycles. The average molecular weight is 468 g/mol. The van der Waals surface area contributed by atoms with Gasteiger partial charge in [0.15, 0.2) is 17.3 Å². The number of amides is 3. The van der Waals surface area contributed by atoms with E-state index in [1.807, 2.05) is 4.90 Å². The Hall–Kier alpha value is -3.49. The van der Waals surface area contributed by atoms with Gasteiger partial charge in [-0.1, -0.05) is 0 Å². The molecule has 1 N–H and O–H groups in total. The van der Waals surface area contributed by atoms with E-state index in [2.05, 4.69) is 5.32 Å². The van der Waals surface area contributed by atoms with Crippen molar-refractivity contribution in [2.24, 2.45) is 5.92 Å². The van der Waals surface area contributed by atoms with Crippen molar-refractivity contribution in [1.82, 2.24) is 15.1 Å². The summed E-state index contributed by atoms with van der Waals surface area (Å²) in [6.45, 7) is 2.57. The summed E-state index contributed by atoms with van der Waals surface area (Å²) in [6.07, 6.45) is 5.80. The van der Waals surface area contributed by atoms with Crippen LogP contribution in [0.3, 0.4) is 0 Å². The van der Waals surface area contributed by atoms with Crippen molar-refractivity contribution in [3.8, 4) is 11.5 Å². The number of carbonyl (C=O) groups is 3. The highest BCUT2D eigenvalue weighted by atomic mass is 16.7. The maximum atomic E-state index is 13.5. The minimum absolute atomic E-state index is 0.0374. The van der Waals surface area contributed by atoms with Crippen LogP contribution in [-0.4, -0.2) is 66.5 Å². The number of ether oxygens (including phenoxy) is 2. The molecule has 0 saturated carbocycles. The van der Waals surface area contributed by atoms with Crippen LogP contribution < -0.4 is 14.8 Å². The summed E-state index contributed by atoms with van der Waals surface area (Å²) in [5.41, 5.74) is 0.422. The lowest BCUT2D eigenvalue weighted by Gasteiger charge is -2.38. The molecule has 5 rings (SSSR count). The van der Waals surface area contributed by atoms with Gasteiger partial charge in [0.2, 0.25) is 12.7 Å². The molecule has 2 fully saturated rings. The van der Waals surface area contributed by atoms with E-state index in [0.717, 1.165) is 19.3 Å². The number of fused-ring (bicyclic) bond motifs is 1. The number of benzene rings is 1. The molecule has 1 aromatic heterocycles. The highest BCUT2D eigenvalue weighted by Crippen LogP contribution is 2.33. The fourth-order valence-corrected chi connectivity index (χ4v) is 4.95. The third-order valence-corrected chi connectivity index (χ3v) is 6.89. The first-order chi connectivity index (χ1) is 16.6. The first-order valence-corrected chi connectivity index (χ1v) is 11.9. The second-order valence-electron chi connectivity index (χ2n) is 9.01. The Morgan fingerprint density at radius 3 is 2.41 bits per heavy atom. The predicted octanol–water partition coefficient (Wildman–Crippen LogP) is 2.67. The van der Waals surface area contributed by atoms with Gasteiger partial charge in [-0.2, -0.15) is 0 Å². The molecule has 1 atom stereocenters. The second kappa shape index (κ2) is 9.79. The van der Waals surface area contributed by atoms with Crippen molar-refractivity contribution in [3.63, 3.8) is 0 Å². The van der Waals surface area contributed by atoms with Gasteiger partial charge in [0.05, 0.1) is 6.26 Å². The summed E-state index contributed by atoms with van der Waals surface area (Å²) >= 11 is 0. The lowest BCUT2D eigenvalue weighted by Crippen LogP contribution is -2.55. The van der Waals surface area contributed by atoms with Gasteiger partial charge in [-0.05, 0) is 68.4 Å². The van der Waals surface area contributed by atoms with Gasteiger partial charge < -0.3 is 29.0 Å². The molecule has 2 aromatic rings. The first kappa shape index (κ1) is 22.3. The Kier molecular flexibility index (Phi) is 6.42. The molecule has 9 heteroatoms. The topological polar surface area (TPSA) is 101 Å². The number of rotatable bonds is 5. The number of nitrogens with one attached hydrogen (secondary N) is 1. The van der Waals surface area contributed by atoms with Crippen LogP contribution in [0.1, 0.15) is 53.0 Å². The van der Waals surface area contributed by atoms with Gasteiger partial charge in [0.1, 0.15) is 6.04 Å². The van der Waals surface area contributed by atoms with E-state index in [1.54, 1.807) is 35.2 Å². The van der Waals surface area contributed by atoms with E-state index in [0.29, 0.717) is 61.8 Å². The van der Waals surface area contributed by atoms with Gasteiger partial charge in [-0.15, -0.1) is 0 Å². The zero-order valence-corrected chi connectivity index (χ0v) is 19.0. The molecule has 9 nitrogen and oxygen atoms in total. The number of piperidine rings is 2. The maximum absolute atomic E-state index is 13.5. The standard InChI is InChI=1S/C25H29N3O6/c29-23(18-6-7-19-21(15-18)34-16-33-19)26-22(25(31)27-10-2-1-3-11-27)17-8-12-28(13-9-17)24(30)20-5-4-14-32-20/h4-7,14-15,17,22H,1-3,8-13,16H2,(H,26,29)/t22-/m0/s1. The molecule has 3 aliphatic rings. The highest BCUT2D eigenvalue weighted by Gasteiger charge is 2.37. The van der Waals surface area contributed by atoms with Crippen LogP contribution in [0.5, 0.6) is 11.5 Å². The normalized spacial score (nSPS) is 19.1. The molecule has 0 aliphatic carbocycles. The Labute approximate surface area is 198 Å². The summed E-state index contributed by atoms with van der Waals surface area (Å²) in [6, 6.07) is 7.73. The van der Waals surface area contributed by atoms with Gasteiger partial charge in [-0.3, -0.25) is 14.4 Å². The van der Waals surface area contributed by atoms with Crippen molar-refractivity contribution in [2.75, 3.05) is 33.0 Å². The second-order valence-corrected chi connectivity index (χ2v) is 9.01. The monoisotopic (exact) mass is 467 g/mol. The fourth-order valence-electron chi connectivity index (χ4n) is 4.95. The molecule has 1 aromatic carbocycles. The van der Waals surface area contributed by atoms with Gasteiger partial charge in [0.25, 0.3) is 11.8 Å². The van der Waals surface area contributed by atoms with E-state index in [-0.39, 0.29) is 30.4 Å². The van der Waals surface area contributed by atoms with Crippen molar-refractivity contribution in [2.45, 2.75) is 38.1 Å². The number of nitrogens with zero attached hydrogens (tertiary/aromatic N) is 2. The van der Waals surface area contributed by atoms with Crippen LogP contribution >= 0.6 is 0 Å². The van der Waals surface area contributed by atoms with E-state index >= 15 is 0 Å². The molecular weight excluding hydrogens is 438 g/mol. The van der Waals surface area contributed by atoms with Crippen molar-refractivity contribution in [1.29, 1.82) is 0 Å². The zero-order valence-electron chi connectivity index (χ0n) is 19.0. The van der Waals surface area contributed by atoms with E-state index in [4.69, 9.17) is 13.9 Å². The number of carbonyl (C=O) groups excluding carboxylic acids is 3. The summed E-state index contributed by atoms with van der Waals surface area (Å²) in [5.74, 6) is 0.880. The molecule has 0 bridgehead atoms. The minimum Gasteiger partial charge on any atom is -0.459 e. The van der Waals surface area contributed by atoms with Crippen LogP contribution in [0, 0.1) is 5.92 Å². The molecule has 2 saturated heterocycles. The molecule has 0 spiro atoms. The van der Waals surface area contributed by atoms with Crippen molar-refractivity contribution < 1.29 is 28.3 Å². The maximum Gasteiger partial charge on any atom is 0.289 e. The molecule has 3 amide bonds. The summed E-state index contributed by atoms with van der Waals surface area (Å²) < 4.78 is 16.0. The number of likely N-dealkylation sites (tertiary alicyclic amines) is 2. The van der Waals surface area contributed by atoms with E-state index in [9.17, 15) is 14.4 Å². The van der Waals surface area contributed by atoms with Crippen LogP contribution in [-0.2, 0) is 4.79 Å².